The molecule has 14 heavy (non-hydrogen) atoms. The second-order valence-electron chi connectivity index (χ2n) is 5.29. The normalized spacial score (nSPS) is 33.5. The quantitative estimate of drug-likeness (QED) is 0.526. The van der Waals surface area contributed by atoms with Gasteiger partial charge in [0.2, 0.25) is 0 Å². The zero-order valence-electron chi connectivity index (χ0n) is 9.34. The molecule has 0 saturated heterocycles. The van der Waals surface area contributed by atoms with Gasteiger partial charge in [0.15, 0.2) is 0 Å². The van der Waals surface area contributed by atoms with Crippen LogP contribution in [0.25, 0.3) is 0 Å². The molecule has 2 atom stereocenters. The van der Waals surface area contributed by atoms with E-state index in [9.17, 15) is 0 Å². The molecule has 0 amide bonds. The summed E-state index contributed by atoms with van der Waals surface area (Å²) in [6.45, 7) is 7.57. The molecule has 0 radical (unpaired) electrons. The molecular weight excluding hydrogens is 172 g/mol. The number of fused-ring (bicyclic) bond motifs is 1. The average molecular weight is 194 g/mol. The lowest BCUT2D eigenvalue weighted by Crippen LogP contribution is -2.49. The van der Waals surface area contributed by atoms with E-state index in [-0.39, 0.29) is 0 Å². The predicted molar refractivity (Wildman–Crippen MR) is 60.0 cm³/mol. The number of hydrogen-bond donors (Lipinski definition) is 2. The minimum atomic E-state index is 0.564. The molecule has 0 aromatic rings. The van der Waals surface area contributed by atoms with Gasteiger partial charge >= 0.3 is 0 Å². The molecule has 0 spiro atoms. The van der Waals surface area contributed by atoms with Crippen LogP contribution in [-0.2, 0) is 0 Å². The summed E-state index contributed by atoms with van der Waals surface area (Å²) < 4.78 is 0. The van der Waals surface area contributed by atoms with Crippen LogP contribution in [0, 0.1) is 17.3 Å². The molecule has 2 nitrogen and oxygen atoms in total. The Morgan fingerprint density at radius 3 is 2.93 bits per heavy atom. The molecule has 1 fully saturated rings. The average Bonchev–Trinajstić information content (AvgIpc) is 2.18. The van der Waals surface area contributed by atoms with Crippen LogP contribution in [0.4, 0.5) is 0 Å². The highest BCUT2D eigenvalue weighted by molar-refractivity contribution is 5.24. The van der Waals surface area contributed by atoms with Crippen LogP contribution in [-0.4, -0.2) is 19.6 Å². The van der Waals surface area contributed by atoms with Gasteiger partial charge in [0.1, 0.15) is 0 Å². The molecule has 3 aliphatic rings. The second-order valence-corrected chi connectivity index (χ2v) is 5.29. The Balaban J connectivity index is 1.91. The van der Waals surface area contributed by atoms with Gasteiger partial charge in [-0.3, -0.25) is 0 Å². The van der Waals surface area contributed by atoms with Crippen LogP contribution >= 0.6 is 0 Å². The van der Waals surface area contributed by atoms with E-state index in [1.54, 1.807) is 5.57 Å². The van der Waals surface area contributed by atoms with E-state index in [2.05, 4.69) is 25.2 Å². The van der Waals surface area contributed by atoms with Crippen LogP contribution in [0.2, 0.25) is 0 Å². The smallest absolute Gasteiger partial charge is 0.0168 e. The lowest BCUT2D eigenvalue weighted by atomic mass is 9.49. The van der Waals surface area contributed by atoms with E-state index in [0.717, 1.165) is 31.5 Å². The van der Waals surface area contributed by atoms with Gasteiger partial charge in [-0.1, -0.05) is 25.5 Å². The molecule has 2 bridgehead atoms. The first-order valence-electron chi connectivity index (χ1n) is 5.76. The maximum Gasteiger partial charge on any atom is 0.0168 e. The summed E-state index contributed by atoms with van der Waals surface area (Å²) in [4.78, 5) is 0. The van der Waals surface area contributed by atoms with Gasteiger partial charge in [0.25, 0.3) is 0 Å². The Morgan fingerprint density at radius 1 is 1.57 bits per heavy atom. The van der Waals surface area contributed by atoms with Crippen LogP contribution in [0.1, 0.15) is 26.7 Å². The Bertz CT molecular complexity index is 243. The predicted octanol–water partition coefficient (Wildman–Crippen LogP) is 1.53. The van der Waals surface area contributed by atoms with Gasteiger partial charge < -0.3 is 11.1 Å². The highest BCUT2D eigenvalue weighted by Crippen LogP contribution is 2.58. The summed E-state index contributed by atoms with van der Waals surface area (Å²) in [7, 11) is 0. The largest absolute Gasteiger partial charge is 0.329 e. The van der Waals surface area contributed by atoms with E-state index in [4.69, 9.17) is 5.73 Å². The third-order valence-electron chi connectivity index (χ3n) is 4.23. The molecule has 0 aromatic heterocycles. The van der Waals surface area contributed by atoms with Crippen LogP contribution in [0.5, 0.6) is 0 Å². The first kappa shape index (κ1) is 10.2. The van der Waals surface area contributed by atoms with E-state index >= 15 is 0 Å². The molecule has 1 saturated carbocycles. The fraction of sp³-hybridized carbons (Fsp3) is 0.833. The second kappa shape index (κ2) is 3.67. The van der Waals surface area contributed by atoms with Crippen molar-refractivity contribution in [3.63, 3.8) is 0 Å². The molecule has 2 heteroatoms. The molecule has 80 valence electrons. The molecule has 3 aliphatic carbocycles. The zero-order valence-corrected chi connectivity index (χ0v) is 9.34. The molecule has 0 aliphatic heterocycles. The zero-order chi connectivity index (χ0) is 10.2. The fourth-order valence-electron chi connectivity index (χ4n) is 3.01. The summed E-state index contributed by atoms with van der Waals surface area (Å²) >= 11 is 0. The molecule has 3 N–H and O–H groups in total. The number of nitrogens with one attached hydrogen (secondary N) is 1. The Kier molecular flexibility index (Phi) is 2.67. The van der Waals surface area contributed by atoms with Gasteiger partial charge in [-0.25, -0.2) is 0 Å². The Labute approximate surface area is 86.9 Å². The van der Waals surface area contributed by atoms with Gasteiger partial charge in [-0.2, -0.15) is 0 Å². The van der Waals surface area contributed by atoms with Crippen molar-refractivity contribution in [1.82, 2.24) is 5.32 Å². The summed E-state index contributed by atoms with van der Waals surface area (Å²) in [5.74, 6) is 1.79. The van der Waals surface area contributed by atoms with Gasteiger partial charge in [0, 0.05) is 19.6 Å². The van der Waals surface area contributed by atoms with Gasteiger partial charge in [-0.05, 0) is 30.1 Å². The third-order valence-corrected chi connectivity index (χ3v) is 4.23. The van der Waals surface area contributed by atoms with Gasteiger partial charge in [-0.15, -0.1) is 0 Å². The Morgan fingerprint density at radius 2 is 2.36 bits per heavy atom. The van der Waals surface area contributed by atoms with Crippen molar-refractivity contribution >= 4 is 0 Å². The van der Waals surface area contributed by atoms with Crippen LogP contribution < -0.4 is 11.1 Å². The molecule has 0 unspecified atom stereocenters. The highest BCUT2D eigenvalue weighted by atomic mass is 14.9. The van der Waals surface area contributed by atoms with Crippen molar-refractivity contribution in [2.45, 2.75) is 26.7 Å². The van der Waals surface area contributed by atoms with Crippen molar-refractivity contribution in [1.29, 1.82) is 0 Å². The van der Waals surface area contributed by atoms with Crippen LogP contribution in [0.15, 0.2) is 11.6 Å². The van der Waals surface area contributed by atoms with Crippen LogP contribution in [0.3, 0.4) is 0 Å². The minimum Gasteiger partial charge on any atom is -0.329 e. The van der Waals surface area contributed by atoms with E-state index in [0.29, 0.717) is 5.41 Å². The molecular formula is C12H22N2. The summed E-state index contributed by atoms with van der Waals surface area (Å²) in [6, 6.07) is 0. The fourth-order valence-corrected chi connectivity index (χ4v) is 3.01. The number of allylic oxidation sites excluding steroid dienone is 1. The number of rotatable bonds is 4. The summed E-state index contributed by atoms with van der Waals surface area (Å²) in [5.41, 5.74) is 7.65. The number of nitrogens with two attached hydrogens (primary N) is 1. The van der Waals surface area contributed by atoms with Crippen molar-refractivity contribution in [3.8, 4) is 0 Å². The molecule has 0 aromatic carbocycles. The monoisotopic (exact) mass is 194 g/mol. The first-order valence-corrected chi connectivity index (χ1v) is 5.76. The number of hydrogen-bond acceptors (Lipinski definition) is 2. The van der Waals surface area contributed by atoms with Gasteiger partial charge in [0.05, 0.1) is 0 Å². The van der Waals surface area contributed by atoms with Crippen molar-refractivity contribution in [2.24, 2.45) is 23.0 Å². The van der Waals surface area contributed by atoms with Crippen molar-refractivity contribution in [2.75, 3.05) is 19.6 Å². The lowest BCUT2D eigenvalue weighted by molar-refractivity contribution is -0.00732. The standard InChI is InChI=1S/C12H22N2/c1-12(2)10-4-3-9(11(12)7-10)8-14-6-5-13/h3,10-11,14H,4-8,13H2,1-2H3/t10-,11-/m1/s1. The van der Waals surface area contributed by atoms with E-state index in [1.807, 2.05) is 0 Å². The molecule has 3 rings (SSSR count). The van der Waals surface area contributed by atoms with Crippen molar-refractivity contribution < 1.29 is 0 Å². The summed E-state index contributed by atoms with van der Waals surface area (Å²) in [6.07, 6.45) is 5.17. The summed E-state index contributed by atoms with van der Waals surface area (Å²) in [5, 5.41) is 3.40. The first-order chi connectivity index (χ1) is 6.66. The SMILES string of the molecule is CC1(C)[C@@H]2CC=C(CNCCN)[C@H]1C2. The topological polar surface area (TPSA) is 38.0 Å². The van der Waals surface area contributed by atoms with Crippen molar-refractivity contribution in [3.05, 3.63) is 11.6 Å². The van der Waals surface area contributed by atoms with E-state index < -0.39 is 0 Å². The lowest BCUT2D eigenvalue weighted by Gasteiger charge is -2.56. The minimum absolute atomic E-state index is 0.564. The maximum atomic E-state index is 5.46. The maximum absolute atomic E-state index is 5.46. The highest BCUT2D eigenvalue weighted by Gasteiger charge is 2.50. The third kappa shape index (κ3) is 1.51. The molecule has 0 heterocycles. The van der Waals surface area contributed by atoms with E-state index in [1.165, 1.54) is 12.8 Å². The Hall–Kier alpha value is -0.340.